The fourth-order valence-electron chi connectivity index (χ4n) is 3.77. The van der Waals surface area contributed by atoms with Crippen LogP contribution in [0.15, 0.2) is 48.5 Å². The van der Waals surface area contributed by atoms with Crippen molar-refractivity contribution in [1.29, 1.82) is 0 Å². The van der Waals surface area contributed by atoms with Crippen molar-refractivity contribution in [2.75, 3.05) is 6.61 Å². The van der Waals surface area contributed by atoms with E-state index in [2.05, 4.69) is 69.3 Å². The van der Waals surface area contributed by atoms with Gasteiger partial charge in [-0.1, -0.05) is 95.3 Å². The van der Waals surface area contributed by atoms with E-state index in [1.165, 1.54) is 55.2 Å². The molecule has 0 aliphatic carbocycles. The fourth-order valence-corrected chi connectivity index (χ4v) is 3.77. The van der Waals surface area contributed by atoms with Gasteiger partial charge in [0.2, 0.25) is 0 Å². The average Bonchev–Trinajstić information content (AvgIpc) is 2.67. The molecule has 0 spiro atoms. The molecule has 0 N–H and O–H groups in total. The van der Waals surface area contributed by atoms with E-state index < -0.39 is 0 Å². The molecule has 1 nitrogen and oxygen atoms in total. The third-order valence-corrected chi connectivity index (χ3v) is 5.10. The summed E-state index contributed by atoms with van der Waals surface area (Å²) >= 11 is 0. The first-order valence-corrected chi connectivity index (χ1v) is 10.6. The van der Waals surface area contributed by atoms with E-state index in [0.29, 0.717) is 0 Å². The van der Waals surface area contributed by atoms with Crippen molar-refractivity contribution < 1.29 is 4.74 Å². The molecule has 0 aliphatic rings. The predicted molar refractivity (Wildman–Crippen MR) is 114 cm³/mol. The number of hydrogen-bond acceptors (Lipinski definition) is 1. The maximum atomic E-state index is 6.18. The van der Waals surface area contributed by atoms with Crippen molar-refractivity contribution >= 4 is 0 Å². The van der Waals surface area contributed by atoms with Crippen molar-refractivity contribution in [2.45, 2.75) is 72.1 Å². The number of rotatable bonds is 12. The van der Waals surface area contributed by atoms with Crippen LogP contribution in [0.5, 0.6) is 5.75 Å². The number of para-hydroxylation sites is 1. The molecule has 0 fully saturated rings. The first-order chi connectivity index (χ1) is 12.8. The van der Waals surface area contributed by atoms with Gasteiger partial charge in [0.25, 0.3) is 0 Å². The van der Waals surface area contributed by atoms with Crippen molar-refractivity contribution in [1.82, 2.24) is 0 Å². The van der Waals surface area contributed by atoms with E-state index >= 15 is 0 Å². The highest BCUT2D eigenvalue weighted by Crippen LogP contribution is 2.30. The number of hydrogen-bond donors (Lipinski definition) is 0. The molecule has 142 valence electrons. The van der Waals surface area contributed by atoms with Crippen molar-refractivity contribution in [2.24, 2.45) is 5.92 Å². The van der Waals surface area contributed by atoms with Crippen LogP contribution in [-0.2, 0) is 6.42 Å². The number of benzene rings is 2. The monoisotopic (exact) mass is 352 g/mol. The quantitative estimate of drug-likeness (QED) is 0.356. The predicted octanol–water partition coefficient (Wildman–Crippen LogP) is 7.68. The highest BCUT2D eigenvalue weighted by Gasteiger charge is 2.08. The van der Waals surface area contributed by atoms with Gasteiger partial charge in [-0.25, -0.2) is 0 Å². The Morgan fingerprint density at radius 2 is 1.46 bits per heavy atom. The van der Waals surface area contributed by atoms with E-state index in [1.807, 2.05) is 0 Å². The lowest BCUT2D eigenvalue weighted by Crippen LogP contribution is -2.05. The molecule has 0 aromatic heterocycles. The van der Waals surface area contributed by atoms with Crippen LogP contribution in [0.2, 0.25) is 0 Å². The topological polar surface area (TPSA) is 9.23 Å². The molecule has 1 heteroatoms. The smallest absolute Gasteiger partial charge is 0.127 e. The second-order valence-corrected chi connectivity index (χ2v) is 7.38. The van der Waals surface area contributed by atoms with E-state index in [1.54, 1.807) is 0 Å². The van der Waals surface area contributed by atoms with Crippen LogP contribution in [0.1, 0.15) is 71.3 Å². The summed E-state index contributed by atoms with van der Waals surface area (Å²) in [6.45, 7) is 7.62. The van der Waals surface area contributed by atoms with Gasteiger partial charge in [-0.3, -0.25) is 0 Å². The minimum absolute atomic E-state index is 0.814. The van der Waals surface area contributed by atoms with Crippen molar-refractivity contribution in [3.05, 3.63) is 54.1 Å². The van der Waals surface area contributed by atoms with Gasteiger partial charge in [0.15, 0.2) is 0 Å². The normalized spacial score (nSPS) is 11.1. The van der Waals surface area contributed by atoms with Crippen LogP contribution in [0.4, 0.5) is 0 Å². The third-order valence-electron chi connectivity index (χ3n) is 5.10. The third kappa shape index (κ3) is 6.52. The summed E-state index contributed by atoms with van der Waals surface area (Å²) in [6, 6.07) is 17.4. The molecule has 0 unspecified atom stereocenters. The Morgan fingerprint density at radius 3 is 2.12 bits per heavy atom. The maximum absolute atomic E-state index is 6.18. The molecule has 2 aromatic carbocycles. The van der Waals surface area contributed by atoms with Crippen molar-refractivity contribution in [3.63, 3.8) is 0 Å². The Morgan fingerprint density at radius 1 is 0.769 bits per heavy atom. The summed E-state index contributed by atoms with van der Waals surface area (Å²) in [5, 5.41) is 0. The Hall–Kier alpha value is -1.76. The standard InChI is InChI=1S/C25H36O/c1-4-10-21(11-5-2)13-9-20-26-25-15-8-7-14-24(25)23-18-16-22(12-6-3)17-19-23/h7-8,14-19,21H,4-6,9-13,20H2,1-3H3. The first kappa shape index (κ1) is 20.6. The van der Waals surface area contributed by atoms with Gasteiger partial charge in [0.05, 0.1) is 6.61 Å². The summed E-state index contributed by atoms with van der Waals surface area (Å²) in [5.41, 5.74) is 3.86. The zero-order valence-electron chi connectivity index (χ0n) is 17.0. The Balaban J connectivity index is 1.94. The van der Waals surface area contributed by atoms with Crippen LogP contribution in [-0.4, -0.2) is 6.61 Å². The summed E-state index contributed by atoms with van der Waals surface area (Å²) in [6.07, 6.45) is 10.1. The Labute approximate surface area is 160 Å². The van der Waals surface area contributed by atoms with Gasteiger partial charge >= 0.3 is 0 Å². The van der Waals surface area contributed by atoms with Crippen LogP contribution >= 0.6 is 0 Å². The zero-order chi connectivity index (χ0) is 18.6. The largest absolute Gasteiger partial charge is 0.493 e. The van der Waals surface area contributed by atoms with Gasteiger partial charge < -0.3 is 4.74 Å². The van der Waals surface area contributed by atoms with Gasteiger partial charge in [0, 0.05) is 5.56 Å². The number of ether oxygens (including phenoxy) is 1. The van der Waals surface area contributed by atoms with Gasteiger partial charge in [-0.15, -0.1) is 0 Å². The molecule has 0 bridgehead atoms. The van der Waals surface area contributed by atoms with Crippen LogP contribution in [0, 0.1) is 5.92 Å². The average molecular weight is 353 g/mol. The van der Waals surface area contributed by atoms with Gasteiger partial charge in [-0.05, 0) is 42.4 Å². The molecule has 0 atom stereocenters. The Bertz CT molecular complexity index is 608. The minimum atomic E-state index is 0.814. The van der Waals surface area contributed by atoms with E-state index in [0.717, 1.165) is 31.1 Å². The lowest BCUT2D eigenvalue weighted by atomic mass is 9.93. The molecule has 0 saturated carbocycles. The Kier molecular flexibility index (Phi) is 9.31. The second-order valence-electron chi connectivity index (χ2n) is 7.38. The molecule has 0 amide bonds. The summed E-state index contributed by atoms with van der Waals surface area (Å²) in [4.78, 5) is 0. The van der Waals surface area contributed by atoms with E-state index in [-0.39, 0.29) is 0 Å². The molecule has 0 aliphatic heterocycles. The van der Waals surface area contributed by atoms with Crippen LogP contribution in [0.25, 0.3) is 11.1 Å². The molecule has 2 rings (SSSR count). The first-order valence-electron chi connectivity index (χ1n) is 10.6. The maximum Gasteiger partial charge on any atom is 0.127 e. The fraction of sp³-hybridized carbons (Fsp3) is 0.520. The molecule has 0 saturated heterocycles. The molecular weight excluding hydrogens is 316 g/mol. The van der Waals surface area contributed by atoms with Crippen LogP contribution in [0.3, 0.4) is 0 Å². The van der Waals surface area contributed by atoms with Crippen molar-refractivity contribution in [3.8, 4) is 16.9 Å². The summed E-state index contributed by atoms with van der Waals surface area (Å²) in [5.74, 6) is 1.88. The van der Waals surface area contributed by atoms with E-state index in [4.69, 9.17) is 4.74 Å². The molecular formula is C25H36O. The van der Waals surface area contributed by atoms with Crippen LogP contribution < -0.4 is 4.74 Å². The lowest BCUT2D eigenvalue weighted by molar-refractivity contribution is 0.284. The van der Waals surface area contributed by atoms with Gasteiger partial charge in [0.1, 0.15) is 5.75 Å². The lowest BCUT2D eigenvalue weighted by Gasteiger charge is -2.16. The summed E-state index contributed by atoms with van der Waals surface area (Å²) in [7, 11) is 0. The zero-order valence-corrected chi connectivity index (χ0v) is 17.0. The minimum Gasteiger partial charge on any atom is -0.493 e. The highest BCUT2D eigenvalue weighted by atomic mass is 16.5. The number of aryl methyl sites for hydroxylation is 1. The van der Waals surface area contributed by atoms with Gasteiger partial charge in [-0.2, -0.15) is 0 Å². The molecule has 0 radical (unpaired) electrons. The molecule has 2 aromatic rings. The highest BCUT2D eigenvalue weighted by molar-refractivity contribution is 5.70. The SMILES string of the molecule is CCCc1ccc(-c2ccccc2OCCCC(CCC)CCC)cc1. The van der Waals surface area contributed by atoms with E-state index in [9.17, 15) is 0 Å². The second kappa shape index (κ2) is 11.8. The molecule has 0 heterocycles. The molecule has 26 heavy (non-hydrogen) atoms. The summed E-state index contributed by atoms with van der Waals surface area (Å²) < 4.78 is 6.18.